The molecule has 1 amide bonds. The molecule has 2 unspecified atom stereocenters. The molecule has 0 aromatic carbocycles. The van der Waals surface area contributed by atoms with Crippen LogP contribution in [0, 0.1) is 0 Å². The summed E-state index contributed by atoms with van der Waals surface area (Å²) in [6.45, 7) is 3.11. The molecular formula is C11H22N2OS2. The molecule has 94 valence electrons. The number of amides is 1. The molecule has 3 nitrogen and oxygen atoms in total. The number of nitrogens with one attached hydrogen (secondary N) is 2. The van der Waals surface area contributed by atoms with Crippen LogP contribution in [0.3, 0.4) is 0 Å². The molecular weight excluding hydrogens is 240 g/mol. The third kappa shape index (κ3) is 6.01. The van der Waals surface area contributed by atoms with E-state index >= 15 is 0 Å². The second kappa shape index (κ2) is 8.25. The monoisotopic (exact) mass is 262 g/mol. The van der Waals surface area contributed by atoms with Gasteiger partial charge in [-0.15, -0.1) is 0 Å². The molecule has 2 atom stereocenters. The number of rotatable bonds is 6. The minimum absolute atomic E-state index is 0.189. The summed E-state index contributed by atoms with van der Waals surface area (Å²) < 4.78 is 0. The van der Waals surface area contributed by atoms with E-state index in [1.165, 1.54) is 5.75 Å². The van der Waals surface area contributed by atoms with Gasteiger partial charge in [0.25, 0.3) is 0 Å². The molecule has 1 aliphatic heterocycles. The highest BCUT2D eigenvalue weighted by Crippen LogP contribution is 2.10. The first-order valence-electron chi connectivity index (χ1n) is 5.81. The van der Waals surface area contributed by atoms with E-state index in [1.54, 1.807) is 0 Å². The van der Waals surface area contributed by atoms with E-state index in [9.17, 15) is 4.79 Å². The zero-order chi connectivity index (χ0) is 11.8. The molecule has 0 aromatic rings. The Bertz CT molecular complexity index is 208. The van der Waals surface area contributed by atoms with E-state index in [0.29, 0.717) is 18.5 Å². The maximum Gasteiger partial charge on any atom is 0.221 e. The Morgan fingerprint density at radius 3 is 3.12 bits per heavy atom. The predicted octanol–water partition coefficient (Wildman–Crippen LogP) is 1.34. The van der Waals surface area contributed by atoms with E-state index in [0.717, 1.165) is 24.5 Å². The van der Waals surface area contributed by atoms with Gasteiger partial charge in [-0.2, -0.15) is 23.5 Å². The maximum absolute atomic E-state index is 11.7. The van der Waals surface area contributed by atoms with Crippen molar-refractivity contribution in [2.24, 2.45) is 0 Å². The highest BCUT2D eigenvalue weighted by Gasteiger charge is 2.17. The molecule has 2 N–H and O–H groups in total. The zero-order valence-corrected chi connectivity index (χ0v) is 11.8. The Hall–Kier alpha value is 0.130. The van der Waals surface area contributed by atoms with Crippen LogP contribution in [0.1, 0.15) is 19.8 Å². The van der Waals surface area contributed by atoms with Gasteiger partial charge in [0.05, 0.1) is 0 Å². The van der Waals surface area contributed by atoms with Gasteiger partial charge in [-0.25, -0.2) is 0 Å². The number of carbonyl (C=O) groups excluding carboxylic acids is 1. The van der Waals surface area contributed by atoms with Gasteiger partial charge in [0.1, 0.15) is 0 Å². The quantitative estimate of drug-likeness (QED) is 0.758. The standard InChI is InChI=1S/C11H22N2OS2/c1-9(3-5-15-2)13-11(14)7-10-8-16-6-4-12-10/h9-10,12H,3-8H2,1-2H3,(H,13,14). The van der Waals surface area contributed by atoms with Gasteiger partial charge < -0.3 is 10.6 Å². The summed E-state index contributed by atoms with van der Waals surface area (Å²) in [4.78, 5) is 11.7. The van der Waals surface area contributed by atoms with Gasteiger partial charge in [-0.3, -0.25) is 4.79 Å². The van der Waals surface area contributed by atoms with Gasteiger partial charge in [-0.1, -0.05) is 0 Å². The van der Waals surface area contributed by atoms with Crippen molar-refractivity contribution in [3.8, 4) is 0 Å². The molecule has 0 aromatic heterocycles. The van der Waals surface area contributed by atoms with Crippen LogP contribution in [-0.2, 0) is 4.79 Å². The van der Waals surface area contributed by atoms with Crippen molar-refractivity contribution >= 4 is 29.4 Å². The second-order valence-electron chi connectivity index (χ2n) is 4.18. The molecule has 0 bridgehead atoms. The van der Waals surface area contributed by atoms with Crippen molar-refractivity contribution in [3.63, 3.8) is 0 Å². The molecule has 1 fully saturated rings. The minimum atomic E-state index is 0.189. The van der Waals surface area contributed by atoms with Crippen LogP contribution < -0.4 is 10.6 Å². The topological polar surface area (TPSA) is 41.1 Å². The largest absolute Gasteiger partial charge is 0.354 e. The average molecular weight is 262 g/mol. The van der Waals surface area contributed by atoms with Crippen LogP contribution in [0.4, 0.5) is 0 Å². The fourth-order valence-electron chi connectivity index (χ4n) is 1.68. The van der Waals surface area contributed by atoms with Gasteiger partial charge >= 0.3 is 0 Å². The third-order valence-electron chi connectivity index (χ3n) is 2.59. The van der Waals surface area contributed by atoms with Crippen LogP contribution in [0.5, 0.6) is 0 Å². The van der Waals surface area contributed by atoms with Crippen molar-refractivity contribution in [2.45, 2.75) is 31.8 Å². The van der Waals surface area contributed by atoms with E-state index in [2.05, 4.69) is 23.8 Å². The third-order valence-corrected chi connectivity index (χ3v) is 4.37. The van der Waals surface area contributed by atoms with Crippen molar-refractivity contribution in [1.29, 1.82) is 0 Å². The molecule has 0 spiro atoms. The predicted molar refractivity (Wildman–Crippen MR) is 74.3 cm³/mol. The lowest BCUT2D eigenvalue weighted by molar-refractivity contribution is -0.122. The van der Waals surface area contributed by atoms with E-state index < -0.39 is 0 Å². The van der Waals surface area contributed by atoms with Gasteiger partial charge in [-0.05, 0) is 25.4 Å². The molecule has 1 heterocycles. The van der Waals surface area contributed by atoms with E-state index in [4.69, 9.17) is 0 Å². The SMILES string of the molecule is CSCCC(C)NC(=O)CC1CSCCN1. The lowest BCUT2D eigenvalue weighted by Crippen LogP contribution is -2.43. The Morgan fingerprint density at radius 1 is 1.69 bits per heavy atom. The van der Waals surface area contributed by atoms with E-state index in [1.807, 2.05) is 23.5 Å². The summed E-state index contributed by atoms with van der Waals surface area (Å²) in [5.74, 6) is 3.53. The maximum atomic E-state index is 11.7. The summed E-state index contributed by atoms with van der Waals surface area (Å²) in [6, 6.07) is 0.669. The molecule has 5 heteroatoms. The smallest absolute Gasteiger partial charge is 0.221 e. The molecule has 1 saturated heterocycles. The molecule has 16 heavy (non-hydrogen) atoms. The number of carbonyl (C=O) groups is 1. The summed E-state index contributed by atoms with van der Waals surface area (Å²) in [6.07, 6.45) is 3.77. The average Bonchev–Trinajstić information content (AvgIpc) is 2.27. The van der Waals surface area contributed by atoms with Crippen LogP contribution >= 0.6 is 23.5 Å². The molecule has 0 aliphatic carbocycles. The fourth-order valence-corrected chi connectivity index (χ4v) is 3.21. The lowest BCUT2D eigenvalue weighted by atomic mass is 10.2. The van der Waals surface area contributed by atoms with Gasteiger partial charge in [0.15, 0.2) is 0 Å². The molecule has 1 rings (SSSR count). The number of hydrogen-bond acceptors (Lipinski definition) is 4. The Balaban J connectivity index is 2.13. The Morgan fingerprint density at radius 2 is 2.50 bits per heavy atom. The van der Waals surface area contributed by atoms with Gasteiger partial charge in [0.2, 0.25) is 5.91 Å². The Labute approximate surface area is 107 Å². The highest BCUT2D eigenvalue weighted by molar-refractivity contribution is 7.99. The van der Waals surface area contributed by atoms with E-state index in [-0.39, 0.29) is 5.91 Å². The summed E-state index contributed by atoms with van der Waals surface area (Å²) in [5.41, 5.74) is 0. The minimum Gasteiger partial charge on any atom is -0.354 e. The first-order chi connectivity index (χ1) is 7.72. The van der Waals surface area contributed by atoms with Crippen LogP contribution in [0.2, 0.25) is 0 Å². The summed E-state index contributed by atoms with van der Waals surface area (Å²) >= 11 is 3.76. The first-order valence-corrected chi connectivity index (χ1v) is 8.36. The van der Waals surface area contributed by atoms with Crippen molar-refractivity contribution in [2.75, 3.05) is 30.1 Å². The van der Waals surface area contributed by atoms with Crippen LogP contribution in [0.15, 0.2) is 0 Å². The van der Waals surface area contributed by atoms with Crippen molar-refractivity contribution < 1.29 is 4.79 Å². The van der Waals surface area contributed by atoms with Crippen molar-refractivity contribution in [1.82, 2.24) is 10.6 Å². The highest BCUT2D eigenvalue weighted by atomic mass is 32.2. The molecule has 1 aliphatic rings. The summed E-state index contributed by atoms with van der Waals surface area (Å²) in [5, 5.41) is 6.44. The molecule has 0 radical (unpaired) electrons. The van der Waals surface area contributed by atoms with Crippen LogP contribution in [0.25, 0.3) is 0 Å². The zero-order valence-electron chi connectivity index (χ0n) is 10.1. The van der Waals surface area contributed by atoms with Crippen LogP contribution in [-0.4, -0.2) is 48.0 Å². The molecule has 0 saturated carbocycles. The fraction of sp³-hybridized carbons (Fsp3) is 0.909. The second-order valence-corrected chi connectivity index (χ2v) is 6.32. The number of hydrogen-bond donors (Lipinski definition) is 2. The summed E-state index contributed by atoms with van der Waals surface area (Å²) in [7, 11) is 0. The normalized spacial score (nSPS) is 22.8. The first kappa shape index (κ1) is 14.2. The Kier molecular flexibility index (Phi) is 7.32. The van der Waals surface area contributed by atoms with Gasteiger partial charge in [0, 0.05) is 36.6 Å². The van der Waals surface area contributed by atoms with Crippen molar-refractivity contribution in [3.05, 3.63) is 0 Å². The lowest BCUT2D eigenvalue weighted by Gasteiger charge is -2.23. The number of thioether (sulfide) groups is 2.